The van der Waals surface area contributed by atoms with Crippen molar-refractivity contribution in [1.29, 1.82) is 0 Å². The Morgan fingerprint density at radius 3 is 2.54 bits per heavy atom. The lowest BCUT2D eigenvalue weighted by Gasteiger charge is -2.40. The van der Waals surface area contributed by atoms with Crippen LogP contribution >= 0.6 is 0 Å². The number of fused-ring (bicyclic) bond motifs is 1. The number of hydrogen-bond donors (Lipinski definition) is 0. The highest BCUT2D eigenvalue weighted by molar-refractivity contribution is 6.74. The highest BCUT2D eigenvalue weighted by Gasteiger charge is 2.40. The van der Waals surface area contributed by atoms with Crippen molar-refractivity contribution in [1.82, 2.24) is 4.90 Å². The lowest BCUT2D eigenvalue weighted by molar-refractivity contribution is 0.122. The number of alkyl halides is 1. The highest BCUT2D eigenvalue weighted by Crippen LogP contribution is 2.43. The Kier molecular flexibility index (Phi) is 5.80. The van der Waals surface area contributed by atoms with Gasteiger partial charge in [-0.3, -0.25) is 4.90 Å². The summed E-state index contributed by atoms with van der Waals surface area (Å²) in [5, 5.41) is 0.202. The molecule has 0 spiro atoms. The molecular weight excluding hydrogens is 345 g/mol. The van der Waals surface area contributed by atoms with E-state index < -0.39 is 14.5 Å². The molecule has 1 aromatic carbocycles. The minimum atomic E-state index is -1.82. The lowest BCUT2D eigenvalue weighted by Crippen LogP contribution is -2.42. The fraction of sp³-hybridized carbons (Fsp3) is 0.714. The maximum Gasteiger partial charge on any atom is 0.192 e. The highest BCUT2D eigenvalue weighted by atomic mass is 28.4. The lowest BCUT2D eigenvalue weighted by atomic mass is 10.0. The van der Waals surface area contributed by atoms with E-state index >= 15 is 0 Å². The fourth-order valence-electron chi connectivity index (χ4n) is 3.47. The average Bonchev–Trinajstić information content (AvgIpc) is 2.56. The van der Waals surface area contributed by atoms with Gasteiger partial charge >= 0.3 is 0 Å². The van der Waals surface area contributed by atoms with E-state index in [1.165, 1.54) is 11.1 Å². The van der Waals surface area contributed by atoms with Crippen molar-refractivity contribution in [3.63, 3.8) is 0 Å². The Morgan fingerprint density at radius 2 is 1.88 bits per heavy atom. The summed E-state index contributed by atoms with van der Waals surface area (Å²) in [4.78, 5) is 2.34. The summed E-state index contributed by atoms with van der Waals surface area (Å²) >= 11 is 0. The molecule has 0 saturated carbocycles. The van der Waals surface area contributed by atoms with E-state index in [4.69, 9.17) is 9.16 Å². The van der Waals surface area contributed by atoms with Crippen LogP contribution in [0.3, 0.4) is 0 Å². The first kappa shape index (κ1) is 19.8. The second-order valence-electron chi connectivity index (χ2n) is 9.33. The molecule has 26 heavy (non-hydrogen) atoms. The minimum absolute atomic E-state index is 0.135. The van der Waals surface area contributed by atoms with Crippen molar-refractivity contribution >= 4 is 8.32 Å². The molecule has 3 rings (SSSR count). The van der Waals surface area contributed by atoms with Gasteiger partial charge in [-0.2, -0.15) is 0 Å². The van der Waals surface area contributed by atoms with E-state index in [2.05, 4.69) is 57.0 Å². The van der Waals surface area contributed by atoms with Gasteiger partial charge in [0.1, 0.15) is 11.9 Å². The monoisotopic (exact) mass is 379 g/mol. The van der Waals surface area contributed by atoms with E-state index in [1.54, 1.807) is 0 Å². The summed E-state index contributed by atoms with van der Waals surface area (Å²) in [5.41, 5.74) is 2.43. The zero-order valence-corrected chi connectivity index (χ0v) is 18.0. The predicted molar refractivity (Wildman–Crippen MR) is 107 cm³/mol. The predicted octanol–water partition coefficient (Wildman–Crippen LogP) is 5.47. The molecule has 0 bridgehead atoms. The van der Waals surface area contributed by atoms with E-state index in [0.29, 0.717) is 19.4 Å². The van der Waals surface area contributed by atoms with E-state index in [-0.39, 0.29) is 11.1 Å². The molecule has 1 fully saturated rings. The largest absolute Gasteiger partial charge is 0.493 e. The van der Waals surface area contributed by atoms with Crippen LogP contribution in [0.5, 0.6) is 5.75 Å². The molecule has 5 heteroatoms. The van der Waals surface area contributed by atoms with Crippen LogP contribution in [0.15, 0.2) is 18.2 Å². The van der Waals surface area contributed by atoms with Crippen molar-refractivity contribution in [2.45, 2.75) is 77.0 Å². The summed E-state index contributed by atoms with van der Waals surface area (Å²) in [6.45, 7) is 14.7. The second-order valence-corrected chi connectivity index (χ2v) is 14.1. The Morgan fingerprint density at radius 1 is 1.19 bits per heavy atom. The number of ether oxygens (including phenoxy) is 1. The maximum absolute atomic E-state index is 13.3. The summed E-state index contributed by atoms with van der Waals surface area (Å²) in [6, 6.07) is 6.54. The quantitative estimate of drug-likeness (QED) is 0.648. The van der Waals surface area contributed by atoms with E-state index in [1.807, 2.05) is 0 Å². The number of rotatable bonds is 4. The number of likely N-dealkylation sites (tertiary alicyclic amines) is 1. The minimum Gasteiger partial charge on any atom is -0.493 e. The zero-order valence-electron chi connectivity index (χ0n) is 17.0. The van der Waals surface area contributed by atoms with Crippen molar-refractivity contribution in [3.05, 3.63) is 29.3 Å². The molecule has 146 valence electrons. The van der Waals surface area contributed by atoms with Crippen LogP contribution in [0.25, 0.3) is 0 Å². The van der Waals surface area contributed by atoms with Gasteiger partial charge in [0.2, 0.25) is 0 Å². The third-order valence-corrected chi connectivity index (χ3v) is 10.7. The number of piperidine rings is 1. The first-order chi connectivity index (χ1) is 12.2. The smallest absolute Gasteiger partial charge is 0.192 e. The molecule has 0 radical (unpaired) electrons. The standard InChI is InChI=1S/C21H34FNO2Si/c1-21(2,3)26(4,5)25-19-10-13-24-20-14-16(6-7-18(19)20)15-23-11-8-17(22)9-12-23/h6-7,14,17,19H,8-13,15H2,1-5H3/t19-/m0/s1. The third kappa shape index (κ3) is 4.49. The summed E-state index contributed by atoms with van der Waals surface area (Å²) in [7, 11) is -1.82. The molecule has 1 saturated heterocycles. The van der Waals surface area contributed by atoms with Crippen LogP contribution in [0, 0.1) is 0 Å². The van der Waals surface area contributed by atoms with Crippen molar-refractivity contribution in [3.8, 4) is 5.75 Å². The average molecular weight is 380 g/mol. The number of hydrogen-bond acceptors (Lipinski definition) is 3. The van der Waals surface area contributed by atoms with Crippen LogP contribution in [0.4, 0.5) is 4.39 Å². The van der Waals surface area contributed by atoms with E-state index in [0.717, 1.165) is 31.8 Å². The molecule has 0 aliphatic carbocycles. The van der Waals surface area contributed by atoms with Crippen LogP contribution in [0.2, 0.25) is 18.1 Å². The molecule has 3 nitrogen and oxygen atoms in total. The van der Waals surface area contributed by atoms with Gasteiger partial charge in [-0.25, -0.2) is 4.39 Å². The molecule has 0 N–H and O–H groups in total. The Bertz CT molecular complexity index is 621. The van der Waals surface area contributed by atoms with Crippen molar-refractivity contribution in [2.75, 3.05) is 19.7 Å². The molecule has 1 atom stereocenters. The molecule has 0 amide bonds. The summed E-state index contributed by atoms with van der Waals surface area (Å²) < 4.78 is 26.0. The Hall–Kier alpha value is -0.913. The second kappa shape index (κ2) is 7.61. The number of halogens is 1. The van der Waals surface area contributed by atoms with Gasteiger partial charge in [0.25, 0.3) is 0 Å². The van der Waals surface area contributed by atoms with Crippen LogP contribution < -0.4 is 4.74 Å². The van der Waals surface area contributed by atoms with Gasteiger partial charge in [-0.1, -0.05) is 32.9 Å². The van der Waals surface area contributed by atoms with Gasteiger partial charge in [0, 0.05) is 31.6 Å². The van der Waals surface area contributed by atoms with Gasteiger partial charge in [0.15, 0.2) is 8.32 Å². The molecular formula is C21H34FNO2Si. The molecule has 2 aliphatic heterocycles. The van der Waals surface area contributed by atoms with E-state index in [9.17, 15) is 4.39 Å². The van der Waals surface area contributed by atoms with Gasteiger partial charge in [0.05, 0.1) is 12.7 Å². The molecule has 2 aliphatic rings. The van der Waals surface area contributed by atoms with Crippen LogP contribution in [-0.2, 0) is 11.0 Å². The summed E-state index contributed by atoms with van der Waals surface area (Å²) in [6.07, 6.45) is 1.75. The summed E-state index contributed by atoms with van der Waals surface area (Å²) in [5.74, 6) is 0.970. The van der Waals surface area contributed by atoms with Gasteiger partial charge in [-0.15, -0.1) is 0 Å². The Labute approximate surface area is 159 Å². The first-order valence-electron chi connectivity index (χ1n) is 9.95. The molecule has 1 aromatic rings. The number of nitrogens with zero attached hydrogens (tertiary/aromatic N) is 1. The van der Waals surface area contributed by atoms with Crippen LogP contribution in [0.1, 0.15) is 57.3 Å². The normalized spacial score (nSPS) is 22.8. The van der Waals surface area contributed by atoms with Crippen LogP contribution in [-0.4, -0.2) is 39.1 Å². The molecule has 0 aromatic heterocycles. The zero-order chi connectivity index (χ0) is 18.9. The maximum atomic E-state index is 13.3. The third-order valence-electron chi connectivity index (χ3n) is 6.23. The molecule has 0 unspecified atom stereocenters. The van der Waals surface area contributed by atoms with Gasteiger partial charge in [-0.05, 0) is 42.6 Å². The van der Waals surface area contributed by atoms with Crippen molar-refractivity contribution < 1.29 is 13.6 Å². The van der Waals surface area contributed by atoms with Gasteiger partial charge < -0.3 is 9.16 Å². The first-order valence-corrected chi connectivity index (χ1v) is 12.9. The fourth-order valence-corrected chi connectivity index (χ4v) is 4.78. The van der Waals surface area contributed by atoms with Crippen molar-refractivity contribution in [2.24, 2.45) is 0 Å². The molecule has 2 heterocycles. The number of benzene rings is 1. The topological polar surface area (TPSA) is 21.7 Å². The SMILES string of the molecule is CC(C)(C)[Si](C)(C)O[C@H]1CCOc2cc(CN3CCC(F)CC3)ccc21. The Balaban J connectivity index is 1.71.